The maximum Gasteiger partial charge on any atom is 0.257 e. The van der Waals surface area contributed by atoms with Crippen molar-refractivity contribution in [2.75, 3.05) is 10.6 Å². The molecule has 2 heterocycles. The SMILES string of the molecule is O=C(Cc1csc(Cc2ccccc2)n1)Nc1cccc(NC(=O)c2cccnc2)c1. The molecular formula is C24H20N4O2S. The quantitative estimate of drug-likeness (QED) is 0.452. The molecule has 0 saturated heterocycles. The Balaban J connectivity index is 1.34. The van der Waals surface area contributed by atoms with E-state index in [9.17, 15) is 9.59 Å². The maximum absolute atomic E-state index is 12.5. The van der Waals surface area contributed by atoms with Gasteiger partial charge in [-0.1, -0.05) is 36.4 Å². The number of pyridine rings is 1. The van der Waals surface area contributed by atoms with Gasteiger partial charge in [-0.25, -0.2) is 4.98 Å². The third kappa shape index (κ3) is 5.83. The molecule has 0 unspecified atom stereocenters. The molecule has 0 aliphatic carbocycles. The molecule has 0 aliphatic rings. The highest BCUT2D eigenvalue weighted by molar-refractivity contribution is 7.09. The minimum absolute atomic E-state index is 0.160. The zero-order valence-corrected chi connectivity index (χ0v) is 17.4. The lowest BCUT2D eigenvalue weighted by molar-refractivity contribution is -0.115. The monoisotopic (exact) mass is 428 g/mol. The molecule has 4 rings (SSSR count). The Morgan fingerprint density at radius 2 is 1.71 bits per heavy atom. The van der Waals surface area contributed by atoms with Crippen LogP contribution >= 0.6 is 11.3 Å². The summed E-state index contributed by atoms with van der Waals surface area (Å²) in [4.78, 5) is 33.3. The summed E-state index contributed by atoms with van der Waals surface area (Å²) in [5.41, 5.74) is 3.60. The lowest BCUT2D eigenvalue weighted by atomic mass is 10.2. The molecule has 2 aromatic carbocycles. The predicted molar refractivity (Wildman–Crippen MR) is 122 cm³/mol. The van der Waals surface area contributed by atoms with Crippen LogP contribution in [0.1, 0.15) is 26.6 Å². The molecule has 0 fully saturated rings. The number of aromatic nitrogens is 2. The molecule has 0 spiro atoms. The second-order valence-corrected chi connectivity index (χ2v) is 7.84. The number of amides is 2. The summed E-state index contributed by atoms with van der Waals surface area (Å²) in [6.07, 6.45) is 4.06. The van der Waals surface area contributed by atoms with Gasteiger partial charge in [0.25, 0.3) is 5.91 Å². The van der Waals surface area contributed by atoms with Crippen LogP contribution in [0.5, 0.6) is 0 Å². The van der Waals surface area contributed by atoms with Gasteiger partial charge in [0, 0.05) is 35.6 Å². The van der Waals surface area contributed by atoms with Crippen LogP contribution in [-0.4, -0.2) is 21.8 Å². The van der Waals surface area contributed by atoms with Crippen molar-refractivity contribution in [1.29, 1.82) is 0 Å². The fourth-order valence-electron chi connectivity index (χ4n) is 3.03. The number of carbonyl (C=O) groups excluding carboxylic acids is 2. The van der Waals surface area contributed by atoms with E-state index in [-0.39, 0.29) is 18.2 Å². The van der Waals surface area contributed by atoms with Crippen LogP contribution in [0, 0.1) is 0 Å². The molecule has 2 N–H and O–H groups in total. The summed E-state index contributed by atoms with van der Waals surface area (Å²) >= 11 is 1.56. The Bertz CT molecular complexity index is 1180. The molecule has 6 nitrogen and oxygen atoms in total. The van der Waals surface area contributed by atoms with Crippen molar-refractivity contribution in [3.8, 4) is 0 Å². The number of anilines is 2. The summed E-state index contributed by atoms with van der Waals surface area (Å²) in [6.45, 7) is 0. The number of hydrogen-bond donors (Lipinski definition) is 2. The Morgan fingerprint density at radius 1 is 0.903 bits per heavy atom. The van der Waals surface area contributed by atoms with E-state index in [1.807, 2.05) is 23.6 Å². The van der Waals surface area contributed by atoms with Gasteiger partial charge >= 0.3 is 0 Å². The van der Waals surface area contributed by atoms with E-state index in [1.54, 1.807) is 53.9 Å². The molecule has 4 aromatic rings. The second-order valence-electron chi connectivity index (χ2n) is 6.90. The topological polar surface area (TPSA) is 84.0 Å². The van der Waals surface area contributed by atoms with Gasteiger partial charge < -0.3 is 10.6 Å². The molecule has 2 amide bonds. The summed E-state index contributed by atoms with van der Waals surface area (Å²) in [6, 6.07) is 20.5. The van der Waals surface area contributed by atoms with Gasteiger partial charge in [-0.05, 0) is 35.9 Å². The zero-order chi connectivity index (χ0) is 21.5. The van der Waals surface area contributed by atoms with E-state index in [0.717, 1.165) is 17.1 Å². The average molecular weight is 429 g/mol. The minimum atomic E-state index is -0.259. The van der Waals surface area contributed by atoms with Crippen LogP contribution in [-0.2, 0) is 17.6 Å². The van der Waals surface area contributed by atoms with E-state index in [0.29, 0.717) is 16.9 Å². The normalized spacial score (nSPS) is 10.5. The van der Waals surface area contributed by atoms with Crippen LogP contribution in [0.15, 0.2) is 84.5 Å². The van der Waals surface area contributed by atoms with Crippen molar-refractivity contribution in [2.45, 2.75) is 12.8 Å². The second kappa shape index (κ2) is 9.77. The number of carbonyl (C=O) groups is 2. The fraction of sp³-hybridized carbons (Fsp3) is 0.0833. The summed E-state index contributed by atoms with van der Waals surface area (Å²) in [5, 5.41) is 8.57. The first-order valence-corrected chi connectivity index (χ1v) is 10.6. The number of thiazole rings is 1. The summed E-state index contributed by atoms with van der Waals surface area (Å²) in [5.74, 6) is -0.419. The lowest BCUT2D eigenvalue weighted by Crippen LogP contribution is -2.15. The van der Waals surface area contributed by atoms with Crippen LogP contribution in [0.4, 0.5) is 11.4 Å². The smallest absolute Gasteiger partial charge is 0.257 e. The zero-order valence-electron chi connectivity index (χ0n) is 16.6. The van der Waals surface area contributed by atoms with Gasteiger partial charge in [0.1, 0.15) is 0 Å². The van der Waals surface area contributed by atoms with Gasteiger partial charge in [0.2, 0.25) is 5.91 Å². The van der Waals surface area contributed by atoms with Gasteiger partial charge in [-0.3, -0.25) is 14.6 Å². The van der Waals surface area contributed by atoms with Crippen LogP contribution in [0.2, 0.25) is 0 Å². The van der Waals surface area contributed by atoms with Crippen molar-refractivity contribution in [3.63, 3.8) is 0 Å². The Labute approximate surface area is 184 Å². The fourth-order valence-corrected chi connectivity index (χ4v) is 3.85. The first-order chi connectivity index (χ1) is 15.2. The van der Waals surface area contributed by atoms with Crippen molar-refractivity contribution in [2.24, 2.45) is 0 Å². The molecule has 0 atom stereocenters. The number of hydrogen-bond acceptors (Lipinski definition) is 5. The minimum Gasteiger partial charge on any atom is -0.326 e. The first kappa shape index (κ1) is 20.4. The third-order valence-corrected chi connectivity index (χ3v) is 5.36. The van der Waals surface area contributed by atoms with E-state index in [2.05, 4.69) is 32.7 Å². The van der Waals surface area contributed by atoms with Crippen molar-refractivity contribution in [1.82, 2.24) is 9.97 Å². The molecular weight excluding hydrogens is 408 g/mol. The molecule has 0 aliphatic heterocycles. The van der Waals surface area contributed by atoms with Crippen molar-refractivity contribution in [3.05, 3.63) is 106 Å². The van der Waals surface area contributed by atoms with Gasteiger partial charge in [0.05, 0.1) is 22.7 Å². The Hall–Kier alpha value is -3.84. The largest absolute Gasteiger partial charge is 0.326 e. The van der Waals surface area contributed by atoms with Gasteiger partial charge in [-0.2, -0.15) is 0 Å². The van der Waals surface area contributed by atoms with E-state index >= 15 is 0 Å². The van der Waals surface area contributed by atoms with Crippen LogP contribution < -0.4 is 10.6 Å². The number of nitrogens with one attached hydrogen (secondary N) is 2. The van der Waals surface area contributed by atoms with Gasteiger partial charge in [-0.15, -0.1) is 11.3 Å². The molecule has 154 valence electrons. The number of nitrogens with zero attached hydrogens (tertiary/aromatic N) is 2. The van der Waals surface area contributed by atoms with Crippen LogP contribution in [0.25, 0.3) is 0 Å². The molecule has 2 aromatic heterocycles. The maximum atomic E-state index is 12.5. The number of rotatable bonds is 7. The van der Waals surface area contributed by atoms with Crippen molar-refractivity contribution < 1.29 is 9.59 Å². The summed E-state index contributed by atoms with van der Waals surface area (Å²) < 4.78 is 0. The molecule has 7 heteroatoms. The van der Waals surface area contributed by atoms with Gasteiger partial charge in [0.15, 0.2) is 0 Å². The molecule has 0 bridgehead atoms. The Kier molecular flexibility index (Phi) is 6.44. The van der Waals surface area contributed by atoms with Crippen LogP contribution in [0.3, 0.4) is 0 Å². The van der Waals surface area contributed by atoms with E-state index in [4.69, 9.17) is 0 Å². The molecule has 31 heavy (non-hydrogen) atoms. The third-order valence-electron chi connectivity index (χ3n) is 4.47. The van der Waals surface area contributed by atoms with Crippen molar-refractivity contribution >= 4 is 34.5 Å². The average Bonchev–Trinajstić information content (AvgIpc) is 3.21. The molecule has 0 saturated carbocycles. The highest BCUT2D eigenvalue weighted by Gasteiger charge is 2.10. The number of benzene rings is 2. The summed E-state index contributed by atoms with van der Waals surface area (Å²) in [7, 11) is 0. The highest BCUT2D eigenvalue weighted by atomic mass is 32.1. The highest BCUT2D eigenvalue weighted by Crippen LogP contribution is 2.18. The lowest BCUT2D eigenvalue weighted by Gasteiger charge is -2.08. The predicted octanol–water partition coefficient (Wildman–Crippen LogP) is 4.56. The standard InChI is InChI=1S/C24H20N4O2S/c29-22(14-21-16-31-23(27-21)12-17-6-2-1-3-7-17)26-19-9-4-10-20(13-19)28-24(30)18-8-5-11-25-15-18/h1-11,13,15-16H,12,14H2,(H,26,29)(H,28,30). The molecule has 0 radical (unpaired) electrons. The Morgan fingerprint density at radius 3 is 2.48 bits per heavy atom. The van der Waals surface area contributed by atoms with E-state index in [1.165, 1.54) is 11.8 Å². The van der Waals surface area contributed by atoms with E-state index < -0.39 is 0 Å². The first-order valence-electron chi connectivity index (χ1n) is 9.74.